The quantitative estimate of drug-likeness (QED) is 0.124. The number of rotatable bonds is 16. The van der Waals surface area contributed by atoms with E-state index in [2.05, 4.69) is 179 Å². The fourth-order valence-electron chi connectivity index (χ4n) is 7.45. The summed E-state index contributed by atoms with van der Waals surface area (Å²) in [7, 11) is 0. The van der Waals surface area contributed by atoms with Gasteiger partial charge in [0.25, 0.3) is 0 Å². The van der Waals surface area contributed by atoms with Crippen molar-refractivity contribution in [3.05, 3.63) is 154 Å². The van der Waals surface area contributed by atoms with E-state index in [1.54, 1.807) is 0 Å². The number of allylic oxidation sites excluding steroid dienone is 24. The Morgan fingerprint density at radius 1 is 0.558 bits per heavy atom. The molecule has 0 unspecified atom stereocenters. The Bertz CT molecular complexity index is 1460. The van der Waals surface area contributed by atoms with Gasteiger partial charge in [-0.2, -0.15) is 0 Å². The van der Waals surface area contributed by atoms with Crippen LogP contribution in [0.15, 0.2) is 154 Å². The van der Waals surface area contributed by atoms with Gasteiger partial charge in [-0.1, -0.05) is 182 Å². The maximum Gasteiger partial charge on any atom is 0.0639 e. The fourth-order valence-corrected chi connectivity index (χ4v) is 7.45. The van der Waals surface area contributed by atoms with E-state index in [0.717, 1.165) is 36.8 Å². The molecule has 0 aromatic rings. The molecule has 0 aliphatic heterocycles. The Morgan fingerprint density at radius 2 is 0.885 bits per heavy atom. The molecular weight excluding hydrogens is 633 g/mol. The average molecular weight is 705 g/mol. The summed E-state index contributed by atoms with van der Waals surface area (Å²) in [5.41, 5.74) is 10.2. The lowest BCUT2D eigenvalue weighted by atomic mass is 9.61. The van der Waals surface area contributed by atoms with E-state index in [0.29, 0.717) is 23.7 Å². The number of hydrogen-bond donors (Lipinski definition) is 2. The van der Waals surface area contributed by atoms with E-state index in [4.69, 9.17) is 0 Å². The molecule has 0 spiro atoms. The Hall–Kier alpha value is -3.46. The van der Waals surface area contributed by atoms with Crippen LogP contribution in [0.5, 0.6) is 0 Å². The van der Waals surface area contributed by atoms with E-state index in [1.807, 2.05) is 13.8 Å². The van der Waals surface area contributed by atoms with E-state index in [9.17, 15) is 10.2 Å². The highest BCUT2D eigenvalue weighted by Gasteiger charge is 2.39. The Balaban J connectivity index is 1.94. The van der Waals surface area contributed by atoms with Crippen LogP contribution in [-0.2, 0) is 0 Å². The molecule has 0 aromatic carbocycles. The lowest BCUT2D eigenvalue weighted by Crippen LogP contribution is -2.35. The van der Waals surface area contributed by atoms with E-state index in [1.165, 1.54) is 33.4 Å². The fraction of sp³-hybridized carbons (Fsp3) is 0.480. The van der Waals surface area contributed by atoms with Gasteiger partial charge >= 0.3 is 0 Å². The third-order valence-electron chi connectivity index (χ3n) is 11.5. The first-order chi connectivity index (χ1) is 24.5. The Labute approximate surface area is 319 Å². The summed E-state index contributed by atoms with van der Waals surface area (Å²) in [6, 6.07) is 0. The summed E-state index contributed by atoms with van der Waals surface area (Å²) in [5.74, 6) is 1.94. The van der Waals surface area contributed by atoms with Crippen LogP contribution in [-0.4, -0.2) is 23.4 Å². The van der Waals surface area contributed by atoms with E-state index < -0.39 is 0 Å². The van der Waals surface area contributed by atoms with Gasteiger partial charge in [-0.05, 0) is 104 Å². The smallest absolute Gasteiger partial charge is 0.0639 e. The molecule has 0 aromatic heterocycles. The Morgan fingerprint density at radius 3 is 1.23 bits per heavy atom. The average Bonchev–Trinajstić information content (AvgIpc) is 3.08. The molecule has 0 radical (unpaired) electrons. The molecule has 4 atom stereocenters. The maximum atomic E-state index is 9.41. The molecule has 0 saturated carbocycles. The van der Waals surface area contributed by atoms with Crippen LogP contribution >= 0.6 is 0 Å². The van der Waals surface area contributed by atoms with Crippen molar-refractivity contribution in [3.63, 3.8) is 0 Å². The number of hydrogen-bond acceptors (Lipinski definition) is 2. The van der Waals surface area contributed by atoms with Crippen molar-refractivity contribution in [1.29, 1.82) is 0 Å². The largest absolute Gasteiger partial charge is 0.392 e. The zero-order valence-corrected chi connectivity index (χ0v) is 34.8. The highest BCUT2D eigenvalue weighted by atomic mass is 16.3. The second kappa shape index (κ2) is 21.9. The van der Waals surface area contributed by atoms with E-state index in [-0.39, 0.29) is 24.0 Å². The molecule has 0 saturated heterocycles. The predicted octanol–water partition coefficient (Wildman–Crippen LogP) is 13.4. The SMILES string of the molecule is CC1=CC[C@H](C/C=C(\C)CO)C(C)(C)[C@H]1/C=C/C(C)=C/C=C/C(C)=C/C=C/C=C(C)/C=C/C=C(C)/C=C/[C@H]1C(C)=CC[C@@H](C/C=C(\C)CO)C1(C)C. The predicted molar refractivity (Wildman–Crippen MR) is 230 cm³/mol. The van der Waals surface area contributed by atoms with Crippen LogP contribution in [0.1, 0.15) is 109 Å². The summed E-state index contributed by atoms with van der Waals surface area (Å²) in [6.45, 7) is 27.0. The number of aliphatic hydroxyl groups excluding tert-OH is 2. The van der Waals surface area contributed by atoms with Gasteiger partial charge in [0.15, 0.2) is 0 Å². The van der Waals surface area contributed by atoms with Gasteiger partial charge < -0.3 is 10.2 Å². The molecule has 2 aliphatic carbocycles. The van der Waals surface area contributed by atoms with Gasteiger partial charge in [-0.3, -0.25) is 0 Å². The van der Waals surface area contributed by atoms with Crippen molar-refractivity contribution in [2.45, 2.75) is 109 Å². The van der Waals surface area contributed by atoms with Crippen molar-refractivity contribution in [2.24, 2.45) is 34.5 Å². The third-order valence-corrected chi connectivity index (χ3v) is 11.5. The molecule has 284 valence electrons. The summed E-state index contributed by atoms with van der Waals surface area (Å²) in [6.07, 6.45) is 44.2. The Kier molecular flexibility index (Phi) is 18.8. The van der Waals surface area contributed by atoms with Crippen LogP contribution in [0, 0.1) is 34.5 Å². The van der Waals surface area contributed by atoms with Gasteiger partial charge in [0, 0.05) is 11.8 Å². The molecule has 2 heteroatoms. The van der Waals surface area contributed by atoms with Gasteiger partial charge in [0.05, 0.1) is 13.2 Å². The molecule has 0 fully saturated rings. The summed E-state index contributed by atoms with van der Waals surface area (Å²) in [4.78, 5) is 0. The first kappa shape index (κ1) is 44.7. The standard InChI is InChI=1S/C50H72O2/c1-37(19-15-21-39(3)25-33-47-43(7)27-31-45(49(47,9)10)29-23-41(5)35-51)17-13-14-18-38(2)20-16-22-40(4)26-34-48-44(8)28-32-46(50(48,11)12)30-24-42(6)36-52/h13-28,33-34,45-48,51-52H,29-32,35-36H2,1-12H3/b14-13+,19-15+,20-16+,33-25+,34-26+,37-17+,38-18+,39-21+,40-22+,41-23+,42-24+/t45-,46+,47-,48-/m0/s1. The number of aliphatic hydroxyl groups is 2. The molecule has 2 nitrogen and oxygen atoms in total. The molecular formula is C50H72O2. The molecule has 2 rings (SSSR count). The van der Waals surface area contributed by atoms with Gasteiger partial charge in [0.2, 0.25) is 0 Å². The van der Waals surface area contributed by atoms with Crippen LogP contribution in [0.2, 0.25) is 0 Å². The maximum absolute atomic E-state index is 9.41. The molecule has 52 heavy (non-hydrogen) atoms. The minimum Gasteiger partial charge on any atom is -0.392 e. The molecule has 0 heterocycles. The lowest BCUT2D eigenvalue weighted by molar-refractivity contribution is 0.154. The highest BCUT2D eigenvalue weighted by Crippen LogP contribution is 2.48. The molecule has 0 bridgehead atoms. The normalized spacial score (nSPS) is 25.7. The van der Waals surface area contributed by atoms with Crippen molar-refractivity contribution in [1.82, 2.24) is 0 Å². The molecule has 2 N–H and O–H groups in total. The summed E-state index contributed by atoms with van der Waals surface area (Å²) in [5, 5.41) is 18.8. The van der Waals surface area contributed by atoms with Crippen LogP contribution in [0.25, 0.3) is 0 Å². The first-order valence-corrected chi connectivity index (χ1v) is 19.5. The second-order valence-electron chi connectivity index (χ2n) is 16.7. The first-order valence-electron chi connectivity index (χ1n) is 19.5. The lowest BCUT2D eigenvalue weighted by Gasteiger charge is -2.43. The van der Waals surface area contributed by atoms with Crippen molar-refractivity contribution in [2.75, 3.05) is 13.2 Å². The topological polar surface area (TPSA) is 40.5 Å². The van der Waals surface area contributed by atoms with Crippen molar-refractivity contribution >= 4 is 0 Å². The zero-order chi connectivity index (χ0) is 38.9. The van der Waals surface area contributed by atoms with Crippen molar-refractivity contribution in [3.8, 4) is 0 Å². The monoisotopic (exact) mass is 705 g/mol. The molecule has 0 amide bonds. The van der Waals surface area contributed by atoms with Crippen molar-refractivity contribution < 1.29 is 10.2 Å². The molecule has 2 aliphatic rings. The minimum absolute atomic E-state index is 0.144. The third kappa shape index (κ3) is 14.5. The van der Waals surface area contributed by atoms with Gasteiger partial charge in [-0.15, -0.1) is 0 Å². The van der Waals surface area contributed by atoms with Gasteiger partial charge in [-0.25, -0.2) is 0 Å². The second-order valence-corrected chi connectivity index (χ2v) is 16.7. The van der Waals surface area contributed by atoms with Crippen LogP contribution in [0.3, 0.4) is 0 Å². The van der Waals surface area contributed by atoms with Crippen LogP contribution in [0.4, 0.5) is 0 Å². The minimum atomic E-state index is 0.144. The van der Waals surface area contributed by atoms with Gasteiger partial charge in [0.1, 0.15) is 0 Å². The summed E-state index contributed by atoms with van der Waals surface area (Å²) >= 11 is 0. The van der Waals surface area contributed by atoms with Crippen LogP contribution < -0.4 is 0 Å². The highest BCUT2D eigenvalue weighted by molar-refractivity contribution is 5.33. The van der Waals surface area contributed by atoms with E-state index >= 15 is 0 Å². The summed E-state index contributed by atoms with van der Waals surface area (Å²) < 4.78 is 0. The zero-order valence-electron chi connectivity index (χ0n) is 34.8.